The molecule has 1 heterocycles. The fourth-order valence-corrected chi connectivity index (χ4v) is 3.75. The summed E-state index contributed by atoms with van der Waals surface area (Å²) in [5.41, 5.74) is 4.09. The van der Waals surface area contributed by atoms with Gasteiger partial charge in [0, 0.05) is 31.9 Å². The number of amides is 3. The van der Waals surface area contributed by atoms with E-state index in [9.17, 15) is 9.59 Å². The molecule has 0 aromatic heterocycles. The van der Waals surface area contributed by atoms with Gasteiger partial charge in [-0.2, -0.15) is 0 Å². The lowest BCUT2D eigenvalue weighted by Crippen LogP contribution is -2.40. The third kappa shape index (κ3) is 4.91. The lowest BCUT2D eigenvalue weighted by molar-refractivity contribution is -0.132. The van der Waals surface area contributed by atoms with Gasteiger partial charge in [-0.3, -0.25) is 4.79 Å². The van der Waals surface area contributed by atoms with Crippen LogP contribution in [-0.2, 0) is 4.79 Å². The zero-order valence-corrected chi connectivity index (χ0v) is 16.9. The van der Waals surface area contributed by atoms with Crippen LogP contribution in [0.1, 0.15) is 36.0 Å². The summed E-state index contributed by atoms with van der Waals surface area (Å²) < 4.78 is 0. The molecule has 148 valence electrons. The maximum Gasteiger partial charge on any atom is 0.321 e. The summed E-state index contributed by atoms with van der Waals surface area (Å²) in [6.07, 6.45) is 0.785. The van der Waals surface area contributed by atoms with Gasteiger partial charge in [0.1, 0.15) is 0 Å². The molecular weight excluding hydrogens is 350 g/mol. The van der Waals surface area contributed by atoms with E-state index in [0.29, 0.717) is 26.2 Å². The Bertz CT molecular complexity index is 815. The molecular formula is C23H29N3O2. The third-order valence-electron chi connectivity index (χ3n) is 5.24. The number of aryl methyl sites for hydroxylation is 2. The van der Waals surface area contributed by atoms with Crippen molar-refractivity contribution < 1.29 is 9.59 Å². The smallest absolute Gasteiger partial charge is 0.321 e. The molecule has 3 rings (SSSR count). The van der Waals surface area contributed by atoms with E-state index < -0.39 is 0 Å². The zero-order chi connectivity index (χ0) is 20.1. The van der Waals surface area contributed by atoms with Crippen molar-refractivity contribution in [2.75, 3.05) is 31.5 Å². The van der Waals surface area contributed by atoms with Crippen molar-refractivity contribution in [1.82, 2.24) is 9.80 Å². The Kier molecular flexibility index (Phi) is 6.34. The number of hydrogen-bond acceptors (Lipinski definition) is 2. The van der Waals surface area contributed by atoms with E-state index in [0.717, 1.165) is 28.8 Å². The van der Waals surface area contributed by atoms with Gasteiger partial charge in [-0.15, -0.1) is 0 Å². The first-order chi connectivity index (χ1) is 13.4. The Labute approximate surface area is 167 Å². The average Bonchev–Trinajstić information content (AvgIpc) is 2.93. The molecule has 0 spiro atoms. The van der Waals surface area contributed by atoms with Crippen LogP contribution < -0.4 is 5.32 Å². The number of anilines is 1. The molecule has 0 saturated carbocycles. The van der Waals surface area contributed by atoms with Crippen LogP contribution in [0.4, 0.5) is 10.5 Å². The van der Waals surface area contributed by atoms with Crippen LogP contribution >= 0.6 is 0 Å². The Morgan fingerprint density at radius 1 is 0.893 bits per heavy atom. The predicted octanol–water partition coefficient (Wildman–Crippen LogP) is 4.17. The number of benzene rings is 2. The third-order valence-corrected chi connectivity index (χ3v) is 5.24. The number of nitrogens with zero attached hydrogens (tertiary/aromatic N) is 2. The largest absolute Gasteiger partial charge is 0.340 e. The second-order valence-corrected chi connectivity index (χ2v) is 7.60. The molecule has 5 nitrogen and oxygen atoms in total. The van der Waals surface area contributed by atoms with Crippen LogP contribution in [0.25, 0.3) is 0 Å². The molecule has 5 heteroatoms. The molecule has 1 atom stereocenters. The zero-order valence-electron chi connectivity index (χ0n) is 16.9. The molecule has 3 amide bonds. The van der Waals surface area contributed by atoms with Gasteiger partial charge in [0.25, 0.3) is 0 Å². The second-order valence-electron chi connectivity index (χ2n) is 7.60. The van der Waals surface area contributed by atoms with Gasteiger partial charge >= 0.3 is 6.03 Å². The highest BCUT2D eigenvalue weighted by atomic mass is 16.2. The second kappa shape index (κ2) is 8.91. The van der Waals surface area contributed by atoms with Crippen molar-refractivity contribution in [3.8, 4) is 0 Å². The highest BCUT2D eigenvalue weighted by Gasteiger charge is 2.25. The minimum Gasteiger partial charge on any atom is -0.340 e. The van der Waals surface area contributed by atoms with E-state index in [1.165, 1.54) is 0 Å². The molecule has 1 aliphatic heterocycles. The number of urea groups is 1. The van der Waals surface area contributed by atoms with Crippen LogP contribution in [0.5, 0.6) is 0 Å². The number of carbonyl (C=O) groups is 2. The molecule has 1 unspecified atom stereocenters. The Balaban J connectivity index is 1.59. The van der Waals surface area contributed by atoms with Crippen molar-refractivity contribution in [1.29, 1.82) is 0 Å². The van der Waals surface area contributed by atoms with Gasteiger partial charge in [-0.05, 0) is 56.0 Å². The number of hydrogen-bond donors (Lipinski definition) is 1. The lowest BCUT2D eigenvalue weighted by atomic mass is 10.00. The van der Waals surface area contributed by atoms with Gasteiger partial charge in [0.15, 0.2) is 0 Å². The van der Waals surface area contributed by atoms with Gasteiger partial charge in [0.05, 0.1) is 5.92 Å². The summed E-state index contributed by atoms with van der Waals surface area (Å²) in [5, 5.41) is 3.00. The Hall–Kier alpha value is -2.82. The number of carbonyl (C=O) groups excluding carboxylic acids is 2. The van der Waals surface area contributed by atoms with Crippen LogP contribution in [0.15, 0.2) is 48.5 Å². The van der Waals surface area contributed by atoms with E-state index in [4.69, 9.17) is 0 Å². The van der Waals surface area contributed by atoms with Gasteiger partial charge in [-0.1, -0.05) is 36.4 Å². The molecule has 1 fully saturated rings. The van der Waals surface area contributed by atoms with Crippen molar-refractivity contribution in [3.63, 3.8) is 0 Å². The highest BCUT2D eigenvalue weighted by Crippen LogP contribution is 2.19. The minimum atomic E-state index is -0.170. The lowest BCUT2D eigenvalue weighted by Gasteiger charge is -2.25. The van der Waals surface area contributed by atoms with E-state index in [-0.39, 0.29) is 17.9 Å². The summed E-state index contributed by atoms with van der Waals surface area (Å²) in [5.74, 6) is -0.0420. The Morgan fingerprint density at radius 2 is 1.50 bits per heavy atom. The fourth-order valence-electron chi connectivity index (χ4n) is 3.75. The molecule has 0 bridgehead atoms. The van der Waals surface area contributed by atoms with E-state index in [1.807, 2.05) is 68.1 Å². The van der Waals surface area contributed by atoms with Gasteiger partial charge < -0.3 is 15.1 Å². The highest BCUT2D eigenvalue weighted by molar-refractivity contribution is 5.89. The van der Waals surface area contributed by atoms with Crippen molar-refractivity contribution in [3.05, 3.63) is 65.2 Å². The summed E-state index contributed by atoms with van der Waals surface area (Å²) in [4.78, 5) is 29.3. The first-order valence-electron chi connectivity index (χ1n) is 9.92. The molecule has 0 radical (unpaired) electrons. The topological polar surface area (TPSA) is 52.7 Å². The maximum atomic E-state index is 12.9. The van der Waals surface area contributed by atoms with Crippen LogP contribution in [0.3, 0.4) is 0 Å². The molecule has 0 aliphatic carbocycles. The number of rotatable bonds is 3. The first-order valence-corrected chi connectivity index (χ1v) is 9.92. The molecule has 1 saturated heterocycles. The fraction of sp³-hybridized carbons (Fsp3) is 0.391. The standard InChI is InChI=1S/C23H29N3O2/c1-17-14-18(2)16-21(15-17)24-23(28)26-11-7-10-25(12-13-26)22(27)19(3)20-8-5-4-6-9-20/h4-6,8-9,14-16,19H,7,10-13H2,1-3H3,(H,24,28). The first kappa shape index (κ1) is 19.9. The molecule has 1 aliphatic rings. The predicted molar refractivity (Wildman–Crippen MR) is 113 cm³/mol. The monoisotopic (exact) mass is 379 g/mol. The van der Waals surface area contributed by atoms with E-state index >= 15 is 0 Å². The molecule has 28 heavy (non-hydrogen) atoms. The van der Waals surface area contributed by atoms with Gasteiger partial charge in [0.2, 0.25) is 5.91 Å². The van der Waals surface area contributed by atoms with Crippen molar-refractivity contribution in [2.24, 2.45) is 0 Å². The average molecular weight is 380 g/mol. The van der Waals surface area contributed by atoms with Crippen molar-refractivity contribution >= 4 is 17.6 Å². The number of nitrogens with one attached hydrogen (secondary N) is 1. The maximum absolute atomic E-state index is 12.9. The summed E-state index contributed by atoms with van der Waals surface area (Å²) in [7, 11) is 0. The van der Waals surface area contributed by atoms with Crippen LogP contribution in [-0.4, -0.2) is 47.9 Å². The van der Waals surface area contributed by atoms with E-state index in [2.05, 4.69) is 11.4 Å². The van der Waals surface area contributed by atoms with Gasteiger partial charge in [-0.25, -0.2) is 4.79 Å². The van der Waals surface area contributed by atoms with Crippen LogP contribution in [0, 0.1) is 13.8 Å². The summed E-state index contributed by atoms with van der Waals surface area (Å²) in [6, 6.07) is 15.8. The summed E-state index contributed by atoms with van der Waals surface area (Å²) in [6.45, 7) is 8.44. The van der Waals surface area contributed by atoms with E-state index in [1.54, 1.807) is 4.90 Å². The summed E-state index contributed by atoms with van der Waals surface area (Å²) >= 11 is 0. The minimum absolute atomic E-state index is 0.101. The molecule has 2 aromatic rings. The quantitative estimate of drug-likeness (QED) is 0.870. The molecule has 1 N–H and O–H groups in total. The van der Waals surface area contributed by atoms with Crippen LogP contribution in [0.2, 0.25) is 0 Å². The Morgan fingerprint density at radius 3 is 2.18 bits per heavy atom. The normalized spacial score (nSPS) is 15.7. The van der Waals surface area contributed by atoms with Crippen molar-refractivity contribution in [2.45, 2.75) is 33.1 Å². The molecule has 2 aromatic carbocycles. The SMILES string of the molecule is Cc1cc(C)cc(NC(=O)N2CCCN(C(=O)C(C)c3ccccc3)CC2)c1.